The van der Waals surface area contributed by atoms with Gasteiger partial charge in [0, 0.05) is 24.4 Å². The zero-order chi connectivity index (χ0) is 23.8. The predicted octanol–water partition coefficient (Wildman–Crippen LogP) is 4.81. The first-order chi connectivity index (χ1) is 15.9. The van der Waals surface area contributed by atoms with E-state index < -0.39 is 4.92 Å². The van der Waals surface area contributed by atoms with Crippen LogP contribution < -0.4 is 10.1 Å². The second-order valence-electron chi connectivity index (χ2n) is 7.45. The number of nitrogens with zero attached hydrogens (tertiary/aromatic N) is 4. The number of ether oxygens (including phenoxy) is 1. The number of non-ortho nitro benzene ring substituents is 1. The van der Waals surface area contributed by atoms with Crippen LogP contribution >= 0.6 is 11.8 Å². The average Bonchev–Trinajstić information content (AvgIpc) is 3.18. The number of carbonyl (C=O) groups is 1. The monoisotopic (exact) mass is 467 g/mol. The Balaban J connectivity index is 1.58. The van der Waals surface area contributed by atoms with Gasteiger partial charge >= 0.3 is 0 Å². The van der Waals surface area contributed by atoms with Crippen LogP contribution in [-0.4, -0.2) is 31.3 Å². The fourth-order valence-corrected chi connectivity index (χ4v) is 3.70. The third-order valence-corrected chi connectivity index (χ3v) is 5.68. The van der Waals surface area contributed by atoms with Crippen LogP contribution in [0.2, 0.25) is 0 Å². The van der Waals surface area contributed by atoms with E-state index in [9.17, 15) is 14.9 Å². The molecule has 1 amide bonds. The lowest BCUT2D eigenvalue weighted by Gasteiger charge is -2.10. The molecule has 0 bridgehead atoms. The Morgan fingerprint density at radius 2 is 1.91 bits per heavy atom. The van der Waals surface area contributed by atoms with Crippen LogP contribution in [0.4, 0.5) is 11.4 Å². The molecule has 2 aromatic carbocycles. The molecule has 9 nitrogen and oxygen atoms in total. The molecule has 0 unspecified atom stereocenters. The van der Waals surface area contributed by atoms with E-state index in [0.29, 0.717) is 29.1 Å². The summed E-state index contributed by atoms with van der Waals surface area (Å²) in [5, 5.41) is 22.4. The molecule has 1 aromatic heterocycles. The van der Waals surface area contributed by atoms with Crippen LogP contribution in [0.1, 0.15) is 31.2 Å². The summed E-state index contributed by atoms with van der Waals surface area (Å²) in [5.41, 5.74) is 1.68. The number of amides is 1. The molecule has 0 spiro atoms. The highest BCUT2D eigenvalue weighted by Gasteiger charge is 2.15. The Labute approximate surface area is 196 Å². The van der Waals surface area contributed by atoms with Gasteiger partial charge in [-0.05, 0) is 35.7 Å². The molecule has 0 radical (unpaired) electrons. The lowest BCUT2D eigenvalue weighted by atomic mass is 10.0. The molecule has 0 aliphatic heterocycles. The Morgan fingerprint density at radius 1 is 1.21 bits per heavy atom. The lowest BCUT2D eigenvalue weighted by Crippen LogP contribution is -2.15. The van der Waals surface area contributed by atoms with Crippen LogP contribution in [0.15, 0.2) is 66.3 Å². The van der Waals surface area contributed by atoms with Crippen LogP contribution in [0.3, 0.4) is 0 Å². The normalized spacial score (nSPS) is 10.8. The molecule has 0 saturated carbocycles. The molecule has 3 aromatic rings. The summed E-state index contributed by atoms with van der Waals surface area (Å²) < 4.78 is 7.71. The molecule has 172 valence electrons. The zero-order valence-electron chi connectivity index (χ0n) is 18.4. The first-order valence-electron chi connectivity index (χ1n) is 10.3. The fraction of sp³-hybridized carbons (Fsp3) is 0.261. The van der Waals surface area contributed by atoms with Crippen molar-refractivity contribution in [2.75, 3.05) is 11.1 Å². The van der Waals surface area contributed by atoms with Crippen molar-refractivity contribution in [2.45, 2.75) is 38.1 Å². The van der Waals surface area contributed by atoms with E-state index in [1.807, 2.05) is 28.8 Å². The van der Waals surface area contributed by atoms with E-state index in [0.717, 1.165) is 5.75 Å². The molecular formula is C23H25N5O4S. The topological polar surface area (TPSA) is 112 Å². The SMILES string of the molecule is C=CCn1c(COc2ccc(C(C)C)cc2)nnc1SCC(=O)Nc1ccc([N+](=O)[O-])cc1. The van der Waals surface area contributed by atoms with Gasteiger partial charge in [0.1, 0.15) is 12.4 Å². The molecule has 3 rings (SSSR count). The van der Waals surface area contributed by atoms with Gasteiger partial charge in [0.15, 0.2) is 11.0 Å². The van der Waals surface area contributed by atoms with Crippen molar-refractivity contribution in [3.63, 3.8) is 0 Å². The average molecular weight is 468 g/mol. The molecule has 33 heavy (non-hydrogen) atoms. The minimum Gasteiger partial charge on any atom is -0.486 e. The van der Waals surface area contributed by atoms with Crippen molar-refractivity contribution in [3.05, 3.63) is 82.7 Å². The number of hydrogen-bond donors (Lipinski definition) is 1. The number of anilines is 1. The maximum atomic E-state index is 12.3. The van der Waals surface area contributed by atoms with Gasteiger partial charge in [0.2, 0.25) is 5.91 Å². The van der Waals surface area contributed by atoms with Gasteiger partial charge in [-0.1, -0.05) is 43.8 Å². The maximum absolute atomic E-state index is 12.3. The molecule has 0 saturated heterocycles. The summed E-state index contributed by atoms with van der Waals surface area (Å²) in [7, 11) is 0. The molecule has 0 atom stereocenters. The Hall–Kier alpha value is -3.66. The smallest absolute Gasteiger partial charge is 0.269 e. The summed E-state index contributed by atoms with van der Waals surface area (Å²) in [6, 6.07) is 13.6. The molecule has 0 fully saturated rings. The van der Waals surface area contributed by atoms with Crippen LogP contribution in [0, 0.1) is 10.1 Å². The van der Waals surface area contributed by atoms with Gasteiger partial charge in [-0.15, -0.1) is 16.8 Å². The van der Waals surface area contributed by atoms with E-state index in [2.05, 4.69) is 35.9 Å². The van der Waals surface area contributed by atoms with E-state index in [1.54, 1.807) is 6.08 Å². The molecular weight excluding hydrogens is 442 g/mol. The quantitative estimate of drug-likeness (QED) is 0.186. The first kappa shape index (κ1) is 24.0. The number of rotatable bonds is 11. The van der Waals surface area contributed by atoms with Gasteiger partial charge in [-0.25, -0.2) is 0 Å². The van der Waals surface area contributed by atoms with Gasteiger partial charge in [0.05, 0.1) is 10.7 Å². The molecule has 10 heteroatoms. The second-order valence-corrected chi connectivity index (χ2v) is 8.39. The van der Waals surface area contributed by atoms with Crippen molar-refractivity contribution < 1.29 is 14.5 Å². The van der Waals surface area contributed by atoms with E-state index in [-0.39, 0.29) is 24.0 Å². The van der Waals surface area contributed by atoms with Crippen LogP contribution in [0.25, 0.3) is 0 Å². The number of carbonyl (C=O) groups excluding carboxylic acids is 1. The molecule has 0 aliphatic carbocycles. The maximum Gasteiger partial charge on any atom is 0.269 e. The van der Waals surface area contributed by atoms with Crippen LogP contribution in [0.5, 0.6) is 5.75 Å². The van der Waals surface area contributed by atoms with E-state index >= 15 is 0 Å². The fourth-order valence-electron chi connectivity index (χ4n) is 2.94. The standard InChI is InChI=1S/C23H25N5O4S/c1-4-13-27-21(14-32-20-11-5-17(6-12-20)16(2)3)25-26-23(27)33-15-22(29)24-18-7-9-19(10-8-18)28(30)31/h4-12,16H,1,13-15H2,2-3H3,(H,24,29). The number of thioether (sulfide) groups is 1. The molecule has 1 N–H and O–H groups in total. The number of nitrogens with one attached hydrogen (secondary N) is 1. The molecule has 1 heterocycles. The zero-order valence-corrected chi connectivity index (χ0v) is 19.2. The predicted molar refractivity (Wildman–Crippen MR) is 128 cm³/mol. The summed E-state index contributed by atoms with van der Waals surface area (Å²) in [5.74, 6) is 1.66. The van der Waals surface area contributed by atoms with E-state index in [1.165, 1.54) is 41.6 Å². The highest BCUT2D eigenvalue weighted by atomic mass is 32.2. The lowest BCUT2D eigenvalue weighted by molar-refractivity contribution is -0.384. The molecule has 0 aliphatic rings. The number of nitro groups is 1. The highest BCUT2D eigenvalue weighted by Crippen LogP contribution is 2.22. The number of allylic oxidation sites excluding steroid dienone is 1. The minimum atomic E-state index is -0.490. The second kappa shape index (κ2) is 11.3. The largest absolute Gasteiger partial charge is 0.486 e. The first-order valence-corrected chi connectivity index (χ1v) is 11.3. The minimum absolute atomic E-state index is 0.0366. The van der Waals surface area contributed by atoms with Gasteiger partial charge < -0.3 is 10.1 Å². The summed E-state index contributed by atoms with van der Waals surface area (Å²) in [6.07, 6.45) is 1.73. The van der Waals surface area contributed by atoms with Crippen molar-refractivity contribution in [2.24, 2.45) is 0 Å². The number of hydrogen-bond acceptors (Lipinski definition) is 7. The number of nitro benzene ring substituents is 1. The summed E-state index contributed by atoms with van der Waals surface area (Å²) in [6.45, 7) is 8.76. The Bertz CT molecular complexity index is 1110. The van der Waals surface area contributed by atoms with Crippen molar-refractivity contribution in [3.8, 4) is 5.75 Å². The van der Waals surface area contributed by atoms with Crippen molar-refractivity contribution in [1.29, 1.82) is 0 Å². The summed E-state index contributed by atoms with van der Waals surface area (Å²) >= 11 is 1.24. The Kier molecular flexibility index (Phi) is 8.20. The Morgan fingerprint density at radius 3 is 2.52 bits per heavy atom. The van der Waals surface area contributed by atoms with Gasteiger partial charge in [-0.2, -0.15) is 0 Å². The van der Waals surface area contributed by atoms with Crippen molar-refractivity contribution in [1.82, 2.24) is 14.8 Å². The number of benzene rings is 2. The van der Waals surface area contributed by atoms with E-state index in [4.69, 9.17) is 4.74 Å². The van der Waals surface area contributed by atoms with Gasteiger partial charge in [0.25, 0.3) is 5.69 Å². The van der Waals surface area contributed by atoms with Gasteiger partial charge in [-0.3, -0.25) is 19.5 Å². The summed E-state index contributed by atoms with van der Waals surface area (Å²) in [4.78, 5) is 22.5. The van der Waals surface area contributed by atoms with Crippen LogP contribution in [-0.2, 0) is 17.9 Å². The third kappa shape index (κ3) is 6.66. The highest BCUT2D eigenvalue weighted by molar-refractivity contribution is 7.99. The van der Waals surface area contributed by atoms with Crippen molar-refractivity contribution >= 4 is 29.0 Å². The number of aromatic nitrogens is 3. The third-order valence-electron chi connectivity index (χ3n) is 4.71.